The van der Waals surface area contributed by atoms with Gasteiger partial charge in [-0.2, -0.15) is 5.26 Å². The van der Waals surface area contributed by atoms with Gasteiger partial charge in [0.15, 0.2) is 5.58 Å². The van der Waals surface area contributed by atoms with Gasteiger partial charge in [-0.25, -0.2) is 9.37 Å². The number of fused-ring (bicyclic) bond motifs is 1. The minimum Gasteiger partial charge on any atom is -0.444 e. The fourth-order valence-corrected chi connectivity index (χ4v) is 3.28. The third kappa shape index (κ3) is 2.64. The molecule has 0 aromatic carbocycles. The molecule has 1 aliphatic heterocycles. The Hall–Kier alpha value is -2.13. The molecule has 3 heterocycles. The molecule has 1 N–H and O–H groups in total. The first-order chi connectivity index (χ1) is 10.4. The lowest BCUT2D eigenvalue weighted by Gasteiger charge is -2.45. The van der Waals surface area contributed by atoms with Crippen molar-refractivity contribution in [1.82, 2.24) is 9.88 Å². The van der Waals surface area contributed by atoms with Crippen molar-refractivity contribution < 1.29 is 8.81 Å². The number of furan rings is 1. The number of hydrogen-bond acceptors (Lipinski definition) is 5. The summed E-state index contributed by atoms with van der Waals surface area (Å²) < 4.78 is 19.8. The predicted octanol–water partition coefficient (Wildman–Crippen LogP) is 2.79. The first kappa shape index (κ1) is 14.8. The van der Waals surface area contributed by atoms with Gasteiger partial charge in [-0.1, -0.05) is 13.8 Å². The highest BCUT2D eigenvalue weighted by molar-refractivity contribution is 5.80. The van der Waals surface area contributed by atoms with Crippen LogP contribution in [0.1, 0.15) is 19.6 Å². The lowest BCUT2D eigenvalue weighted by Crippen LogP contribution is -2.57. The Kier molecular flexibility index (Phi) is 3.53. The monoisotopic (exact) mass is 302 g/mol. The van der Waals surface area contributed by atoms with Crippen molar-refractivity contribution in [2.45, 2.75) is 26.1 Å². The zero-order valence-electron chi connectivity index (χ0n) is 12.9. The summed E-state index contributed by atoms with van der Waals surface area (Å²) >= 11 is 0. The second-order valence-corrected chi connectivity index (χ2v) is 6.65. The number of halogens is 1. The molecule has 2 aromatic heterocycles. The molecule has 0 radical (unpaired) electrons. The molecule has 3 rings (SSSR count). The van der Waals surface area contributed by atoms with E-state index in [4.69, 9.17) is 9.68 Å². The zero-order valence-corrected chi connectivity index (χ0v) is 12.9. The highest BCUT2D eigenvalue weighted by atomic mass is 19.1. The van der Waals surface area contributed by atoms with E-state index >= 15 is 0 Å². The van der Waals surface area contributed by atoms with Crippen LogP contribution >= 0.6 is 0 Å². The molecule has 0 amide bonds. The zero-order chi connectivity index (χ0) is 15.9. The highest BCUT2D eigenvalue weighted by Gasteiger charge is 2.41. The summed E-state index contributed by atoms with van der Waals surface area (Å²) in [4.78, 5) is 6.28. The summed E-state index contributed by atoms with van der Waals surface area (Å²) in [5.74, 6) is 0.847. The Morgan fingerprint density at radius 1 is 1.50 bits per heavy atom. The van der Waals surface area contributed by atoms with Gasteiger partial charge < -0.3 is 14.6 Å². The minimum atomic E-state index is -0.967. The van der Waals surface area contributed by atoms with Crippen LogP contribution in [0.15, 0.2) is 22.7 Å². The van der Waals surface area contributed by atoms with E-state index in [1.807, 2.05) is 18.0 Å². The van der Waals surface area contributed by atoms with Crippen LogP contribution in [-0.2, 0) is 0 Å². The number of rotatable bonds is 2. The molecule has 0 bridgehead atoms. The van der Waals surface area contributed by atoms with Crippen LogP contribution in [0.25, 0.3) is 11.0 Å². The Labute approximate surface area is 128 Å². The maximum Gasteiger partial charge on any atom is 0.204 e. The van der Waals surface area contributed by atoms with Gasteiger partial charge in [-0.05, 0) is 13.1 Å². The molecule has 2 atom stereocenters. The van der Waals surface area contributed by atoms with E-state index in [1.54, 1.807) is 18.3 Å². The van der Waals surface area contributed by atoms with E-state index < -0.39 is 6.17 Å². The molecule has 1 saturated heterocycles. The molecule has 0 spiro atoms. The second kappa shape index (κ2) is 5.25. The van der Waals surface area contributed by atoms with E-state index in [2.05, 4.69) is 24.1 Å². The molecule has 2 unspecified atom stereocenters. The molecule has 1 fully saturated rings. The first-order valence-corrected chi connectivity index (χ1v) is 7.28. The van der Waals surface area contributed by atoms with Crippen molar-refractivity contribution in [3.8, 4) is 6.07 Å². The van der Waals surface area contributed by atoms with Crippen molar-refractivity contribution in [3.05, 3.63) is 24.1 Å². The summed E-state index contributed by atoms with van der Waals surface area (Å²) in [6.45, 7) is 5.33. The van der Waals surface area contributed by atoms with Gasteiger partial charge in [0.25, 0.3) is 0 Å². The normalized spacial score (nSPS) is 25.0. The molecule has 0 saturated carbocycles. The molecule has 2 aromatic rings. The SMILES string of the molecule is CN1CC(F)C(Nc2cc3cc(C#N)oc3cn2)C(C)(C)C1. The average Bonchev–Trinajstić information content (AvgIpc) is 2.84. The lowest BCUT2D eigenvalue weighted by molar-refractivity contribution is 0.0532. The van der Waals surface area contributed by atoms with Gasteiger partial charge in [0.2, 0.25) is 5.76 Å². The minimum absolute atomic E-state index is 0.211. The van der Waals surface area contributed by atoms with Gasteiger partial charge in [-0.3, -0.25) is 0 Å². The third-order valence-electron chi connectivity index (χ3n) is 4.18. The summed E-state index contributed by atoms with van der Waals surface area (Å²) in [5.41, 5.74) is 0.346. The van der Waals surface area contributed by atoms with E-state index in [1.165, 1.54) is 0 Å². The van der Waals surface area contributed by atoms with Crippen LogP contribution in [0.4, 0.5) is 10.2 Å². The third-order valence-corrected chi connectivity index (χ3v) is 4.18. The van der Waals surface area contributed by atoms with E-state index in [0.29, 0.717) is 17.9 Å². The molecule has 116 valence electrons. The second-order valence-electron chi connectivity index (χ2n) is 6.65. The van der Waals surface area contributed by atoms with Gasteiger partial charge in [-0.15, -0.1) is 0 Å². The molecular weight excluding hydrogens is 283 g/mol. The fourth-order valence-electron chi connectivity index (χ4n) is 3.28. The average molecular weight is 302 g/mol. The highest BCUT2D eigenvalue weighted by Crippen LogP contribution is 2.33. The molecular formula is C16H19FN4O. The summed E-state index contributed by atoms with van der Waals surface area (Å²) in [7, 11) is 1.93. The number of nitriles is 1. The van der Waals surface area contributed by atoms with E-state index in [-0.39, 0.29) is 17.2 Å². The Morgan fingerprint density at radius 2 is 2.27 bits per heavy atom. The number of aromatic nitrogens is 1. The number of hydrogen-bond donors (Lipinski definition) is 1. The van der Waals surface area contributed by atoms with Crippen molar-refractivity contribution >= 4 is 16.8 Å². The summed E-state index contributed by atoms with van der Waals surface area (Å²) in [5, 5.41) is 12.9. The number of anilines is 1. The van der Waals surface area contributed by atoms with Gasteiger partial charge >= 0.3 is 0 Å². The standard InChI is InChI=1S/C16H19FN4O/c1-16(2)9-21(3)8-12(17)15(16)20-14-5-10-4-11(6-18)22-13(10)7-19-14/h4-5,7,12,15H,8-9H2,1-3H3,(H,19,20). The van der Waals surface area contributed by atoms with Crippen molar-refractivity contribution in [2.75, 3.05) is 25.5 Å². The van der Waals surface area contributed by atoms with Crippen LogP contribution in [0, 0.1) is 16.7 Å². The number of alkyl halides is 1. The van der Waals surface area contributed by atoms with E-state index in [0.717, 1.165) is 11.9 Å². The van der Waals surface area contributed by atoms with Crippen molar-refractivity contribution in [3.63, 3.8) is 0 Å². The van der Waals surface area contributed by atoms with Crippen LogP contribution in [0.3, 0.4) is 0 Å². The molecule has 0 aliphatic carbocycles. The number of pyridine rings is 1. The number of piperidine rings is 1. The van der Waals surface area contributed by atoms with Gasteiger partial charge in [0.1, 0.15) is 18.1 Å². The lowest BCUT2D eigenvalue weighted by atomic mass is 9.78. The molecule has 22 heavy (non-hydrogen) atoms. The summed E-state index contributed by atoms with van der Waals surface area (Å²) in [6, 6.07) is 5.11. The van der Waals surface area contributed by atoms with E-state index in [9.17, 15) is 4.39 Å². The van der Waals surface area contributed by atoms with Crippen LogP contribution in [0.5, 0.6) is 0 Å². The fraction of sp³-hybridized carbons (Fsp3) is 0.500. The quantitative estimate of drug-likeness (QED) is 0.924. The molecule has 5 nitrogen and oxygen atoms in total. The maximum atomic E-state index is 14.5. The maximum absolute atomic E-state index is 14.5. The van der Waals surface area contributed by atoms with Gasteiger partial charge in [0, 0.05) is 30.0 Å². The Morgan fingerprint density at radius 3 is 2.95 bits per heavy atom. The number of nitrogens with zero attached hydrogens (tertiary/aromatic N) is 3. The van der Waals surface area contributed by atoms with Crippen molar-refractivity contribution in [2.24, 2.45) is 5.41 Å². The van der Waals surface area contributed by atoms with Gasteiger partial charge in [0.05, 0.1) is 12.2 Å². The predicted molar refractivity (Wildman–Crippen MR) is 82.3 cm³/mol. The van der Waals surface area contributed by atoms with Crippen LogP contribution in [0.2, 0.25) is 0 Å². The summed E-state index contributed by atoms with van der Waals surface area (Å²) in [6.07, 6.45) is 0.596. The Balaban J connectivity index is 1.87. The van der Waals surface area contributed by atoms with Crippen molar-refractivity contribution in [1.29, 1.82) is 5.26 Å². The molecule has 6 heteroatoms. The first-order valence-electron chi connectivity index (χ1n) is 7.28. The van der Waals surface area contributed by atoms with Crippen LogP contribution < -0.4 is 5.32 Å². The van der Waals surface area contributed by atoms with Crippen LogP contribution in [-0.4, -0.2) is 42.2 Å². The molecule has 1 aliphatic rings. The smallest absolute Gasteiger partial charge is 0.204 e. The number of nitrogens with one attached hydrogen (secondary N) is 1. The topological polar surface area (TPSA) is 65.1 Å². The number of likely N-dealkylation sites (tertiary alicyclic amines) is 1. The Bertz CT molecular complexity index is 733. The largest absolute Gasteiger partial charge is 0.444 e.